The SMILES string of the molecule is Cc1ccc(-c2noc(CCN(CC(C)C)C(=O)/C=C/c3ccccc3)n2)cc1. The average Bonchev–Trinajstić information content (AvgIpc) is 3.19. The molecule has 5 heteroatoms. The van der Waals surface area contributed by atoms with E-state index in [1.165, 1.54) is 5.56 Å². The van der Waals surface area contributed by atoms with Crippen molar-refractivity contribution in [1.82, 2.24) is 15.0 Å². The van der Waals surface area contributed by atoms with Crippen LogP contribution in [0, 0.1) is 12.8 Å². The van der Waals surface area contributed by atoms with Gasteiger partial charge in [-0.1, -0.05) is 79.2 Å². The first-order valence-electron chi connectivity index (χ1n) is 9.93. The van der Waals surface area contributed by atoms with E-state index in [0.29, 0.717) is 37.1 Å². The molecule has 0 fully saturated rings. The van der Waals surface area contributed by atoms with Gasteiger partial charge in [-0.3, -0.25) is 4.79 Å². The summed E-state index contributed by atoms with van der Waals surface area (Å²) in [6.45, 7) is 7.45. The van der Waals surface area contributed by atoms with Crippen molar-refractivity contribution in [3.05, 3.63) is 77.7 Å². The predicted molar refractivity (Wildman–Crippen MR) is 115 cm³/mol. The fourth-order valence-corrected chi connectivity index (χ4v) is 2.98. The van der Waals surface area contributed by atoms with Gasteiger partial charge in [-0.05, 0) is 24.5 Å². The molecule has 0 aliphatic carbocycles. The number of amides is 1. The van der Waals surface area contributed by atoms with Gasteiger partial charge in [0.15, 0.2) is 0 Å². The van der Waals surface area contributed by atoms with E-state index in [-0.39, 0.29) is 5.91 Å². The summed E-state index contributed by atoms with van der Waals surface area (Å²) in [5.74, 6) is 1.47. The van der Waals surface area contributed by atoms with Crippen LogP contribution in [0.25, 0.3) is 17.5 Å². The Balaban J connectivity index is 1.64. The van der Waals surface area contributed by atoms with E-state index in [9.17, 15) is 4.79 Å². The maximum atomic E-state index is 12.7. The van der Waals surface area contributed by atoms with Crippen LogP contribution in [0.1, 0.15) is 30.9 Å². The van der Waals surface area contributed by atoms with Gasteiger partial charge in [0.05, 0.1) is 0 Å². The second-order valence-electron chi connectivity index (χ2n) is 7.55. The third kappa shape index (κ3) is 6.14. The predicted octanol–water partition coefficient (Wildman–Crippen LogP) is 4.79. The Morgan fingerprint density at radius 1 is 1.10 bits per heavy atom. The molecule has 150 valence electrons. The molecular formula is C24H27N3O2. The van der Waals surface area contributed by atoms with Crippen LogP contribution in [0.2, 0.25) is 0 Å². The molecule has 0 spiro atoms. The highest BCUT2D eigenvalue weighted by molar-refractivity contribution is 5.91. The minimum absolute atomic E-state index is 0.0131. The molecule has 0 unspecified atom stereocenters. The second-order valence-corrected chi connectivity index (χ2v) is 7.55. The first-order valence-corrected chi connectivity index (χ1v) is 9.93. The van der Waals surface area contributed by atoms with Gasteiger partial charge >= 0.3 is 0 Å². The van der Waals surface area contributed by atoms with Crippen molar-refractivity contribution >= 4 is 12.0 Å². The maximum Gasteiger partial charge on any atom is 0.246 e. The van der Waals surface area contributed by atoms with Gasteiger partial charge in [-0.25, -0.2) is 0 Å². The Kier molecular flexibility index (Phi) is 6.95. The highest BCUT2D eigenvalue weighted by Gasteiger charge is 2.15. The summed E-state index contributed by atoms with van der Waals surface area (Å²) in [7, 11) is 0. The van der Waals surface area contributed by atoms with Gasteiger partial charge in [0.25, 0.3) is 0 Å². The standard InChI is InChI=1S/C24H27N3O2/c1-18(2)17-27(23(28)14-11-20-7-5-4-6-8-20)16-15-22-25-24(26-29-22)21-12-9-19(3)10-13-21/h4-14,18H,15-17H2,1-3H3/b14-11+. The lowest BCUT2D eigenvalue weighted by molar-refractivity contribution is -0.126. The number of aryl methyl sites for hydroxylation is 1. The van der Waals surface area contributed by atoms with Crippen molar-refractivity contribution in [1.29, 1.82) is 0 Å². The van der Waals surface area contributed by atoms with Gasteiger partial charge in [0.2, 0.25) is 17.6 Å². The molecule has 0 saturated carbocycles. The molecule has 2 aromatic carbocycles. The summed E-state index contributed by atoms with van der Waals surface area (Å²) in [5, 5.41) is 4.07. The minimum Gasteiger partial charge on any atom is -0.339 e. The smallest absolute Gasteiger partial charge is 0.246 e. The van der Waals surface area contributed by atoms with Crippen molar-refractivity contribution in [2.75, 3.05) is 13.1 Å². The Hall–Kier alpha value is -3.21. The third-order valence-electron chi connectivity index (χ3n) is 4.49. The lowest BCUT2D eigenvalue weighted by Crippen LogP contribution is -2.34. The highest BCUT2D eigenvalue weighted by Crippen LogP contribution is 2.16. The first-order chi connectivity index (χ1) is 14.0. The molecule has 0 bridgehead atoms. The van der Waals surface area contributed by atoms with Gasteiger partial charge in [0, 0.05) is 31.1 Å². The monoisotopic (exact) mass is 389 g/mol. The number of carbonyl (C=O) groups is 1. The molecular weight excluding hydrogens is 362 g/mol. The van der Waals surface area contributed by atoms with Crippen LogP contribution in [-0.4, -0.2) is 34.0 Å². The Morgan fingerprint density at radius 2 is 1.83 bits per heavy atom. The molecule has 0 atom stereocenters. The van der Waals surface area contributed by atoms with Gasteiger partial charge < -0.3 is 9.42 Å². The number of aromatic nitrogens is 2. The minimum atomic E-state index is -0.0131. The molecule has 3 rings (SSSR count). The van der Waals surface area contributed by atoms with Crippen LogP contribution in [0.4, 0.5) is 0 Å². The molecule has 0 saturated heterocycles. The molecule has 1 amide bonds. The molecule has 1 heterocycles. The number of hydrogen-bond acceptors (Lipinski definition) is 4. The Bertz CT molecular complexity index is 944. The van der Waals surface area contributed by atoms with E-state index in [0.717, 1.165) is 11.1 Å². The molecule has 0 aliphatic rings. The molecule has 3 aromatic rings. The van der Waals surface area contributed by atoms with Crippen LogP contribution in [0.5, 0.6) is 0 Å². The normalized spacial score (nSPS) is 11.3. The zero-order valence-corrected chi connectivity index (χ0v) is 17.2. The van der Waals surface area contributed by atoms with Crippen molar-refractivity contribution in [3.63, 3.8) is 0 Å². The van der Waals surface area contributed by atoms with E-state index in [2.05, 4.69) is 24.0 Å². The van der Waals surface area contributed by atoms with Crippen LogP contribution >= 0.6 is 0 Å². The van der Waals surface area contributed by atoms with Crippen LogP contribution in [0.15, 0.2) is 65.2 Å². The Morgan fingerprint density at radius 3 is 2.52 bits per heavy atom. The summed E-state index contributed by atoms with van der Waals surface area (Å²) in [4.78, 5) is 19.0. The Labute approximate surface area is 172 Å². The van der Waals surface area contributed by atoms with Crippen molar-refractivity contribution in [3.8, 4) is 11.4 Å². The lowest BCUT2D eigenvalue weighted by atomic mass is 10.1. The number of nitrogens with zero attached hydrogens (tertiary/aromatic N) is 3. The van der Waals surface area contributed by atoms with Gasteiger partial charge in [-0.2, -0.15) is 4.98 Å². The van der Waals surface area contributed by atoms with Crippen LogP contribution in [-0.2, 0) is 11.2 Å². The van der Waals surface area contributed by atoms with Crippen molar-refractivity contribution in [2.24, 2.45) is 5.92 Å². The van der Waals surface area contributed by atoms with Crippen LogP contribution < -0.4 is 0 Å². The number of benzene rings is 2. The average molecular weight is 389 g/mol. The summed E-state index contributed by atoms with van der Waals surface area (Å²) in [6.07, 6.45) is 4.00. The number of hydrogen-bond donors (Lipinski definition) is 0. The zero-order valence-electron chi connectivity index (χ0n) is 17.2. The molecule has 5 nitrogen and oxygen atoms in total. The fourth-order valence-electron chi connectivity index (χ4n) is 2.98. The fraction of sp³-hybridized carbons (Fsp3) is 0.292. The largest absolute Gasteiger partial charge is 0.339 e. The zero-order chi connectivity index (χ0) is 20.6. The van der Waals surface area contributed by atoms with E-state index < -0.39 is 0 Å². The van der Waals surface area contributed by atoms with E-state index in [4.69, 9.17) is 4.52 Å². The highest BCUT2D eigenvalue weighted by atomic mass is 16.5. The molecule has 0 aliphatic heterocycles. The molecule has 0 N–H and O–H groups in total. The van der Waals surface area contributed by atoms with E-state index in [1.54, 1.807) is 6.08 Å². The van der Waals surface area contributed by atoms with Crippen molar-refractivity contribution < 1.29 is 9.32 Å². The second kappa shape index (κ2) is 9.82. The van der Waals surface area contributed by atoms with Gasteiger partial charge in [-0.15, -0.1) is 0 Å². The quantitative estimate of drug-likeness (QED) is 0.520. The molecule has 0 radical (unpaired) electrons. The number of rotatable bonds is 8. The maximum absolute atomic E-state index is 12.7. The molecule has 29 heavy (non-hydrogen) atoms. The summed E-state index contributed by atoms with van der Waals surface area (Å²) in [6, 6.07) is 17.8. The molecule has 1 aromatic heterocycles. The first kappa shape index (κ1) is 20.5. The summed E-state index contributed by atoms with van der Waals surface area (Å²) in [5.41, 5.74) is 3.11. The van der Waals surface area contributed by atoms with Crippen LogP contribution in [0.3, 0.4) is 0 Å². The van der Waals surface area contributed by atoms with Gasteiger partial charge in [0.1, 0.15) is 0 Å². The summed E-state index contributed by atoms with van der Waals surface area (Å²) >= 11 is 0. The van der Waals surface area contributed by atoms with E-state index >= 15 is 0 Å². The number of carbonyl (C=O) groups excluding carboxylic acids is 1. The summed E-state index contributed by atoms with van der Waals surface area (Å²) < 4.78 is 5.40. The topological polar surface area (TPSA) is 59.2 Å². The lowest BCUT2D eigenvalue weighted by Gasteiger charge is -2.22. The van der Waals surface area contributed by atoms with Crippen molar-refractivity contribution in [2.45, 2.75) is 27.2 Å². The van der Waals surface area contributed by atoms with E-state index in [1.807, 2.05) is 72.5 Å². The third-order valence-corrected chi connectivity index (χ3v) is 4.49.